The molecule has 0 radical (unpaired) electrons. The normalized spacial score (nSPS) is 10.4. The van der Waals surface area contributed by atoms with Crippen molar-refractivity contribution in [1.29, 1.82) is 0 Å². The summed E-state index contributed by atoms with van der Waals surface area (Å²) in [7, 11) is 0. The Morgan fingerprint density at radius 2 is 1.50 bits per heavy atom. The van der Waals surface area contributed by atoms with Crippen LogP contribution in [0.1, 0.15) is 5.56 Å². The Morgan fingerprint density at radius 1 is 1.00 bits per heavy atom. The predicted octanol–water partition coefficient (Wildman–Crippen LogP) is -0.919. The zero-order valence-corrected chi connectivity index (χ0v) is 10.8. The number of amides is 3. The van der Waals surface area contributed by atoms with Gasteiger partial charge in [-0.3, -0.25) is 14.4 Å². The van der Waals surface area contributed by atoms with Crippen LogP contribution in [-0.2, 0) is 14.4 Å². The fourth-order valence-corrected chi connectivity index (χ4v) is 1.47. The third-order valence-corrected chi connectivity index (χ3v) is 2.36. The summed E-state index contributed by atoms with van der Waals surface area (Å²) in [5.74, 6) is -1.97. The van der Waals surface area contributed by atoms with E-state index in [1.54, 1.807) is 24.3 Å². The molecule has 0 aliphatic carbocycles. The smallest absolute Gasteiger partial charge is 0.247 e. The van der Waals surface area contributed by atoms with Gasteiger partial charge in [0, 0.05) is 11.8 Å². The van der Waals surface area contributed by atoms with Crippen molar-refractivity contribution in [3.05, 3.63) is 35.9 Å². The first-order chi connectivity index (χ1) is 9.38. The highest BCUT2D eigenvalue weighted by Crippen LogP contribution is 2.07. The number of hydrogen-bond donors (Lipinski definition) is 3. The maximum atomic E-state index is 11.9. The molecule has 0 saturated carbocycles. The van der Waals surface area contributed by atoms with E-state index in [-0.39, 0.29) is 13.1 Å². The Hall–Kier alpha value is -2.83. The van der Waals surface area contributed by atoms with Crippen molar-refractivity contribution >= 4 is 29.5 Å². The maximum Gasteiger partial charge on any atom is 0.247 e. The van der Waals surface area contributed by atoms with Crippen LogP contribution in [0.3, 0.4) is 0 Å². The van der Waals surface area contributed by atoms with Gasteiger partial charge >= 0.3 is 0 Å². The molecule has 1 aromatic carbocycles. The number of carbonyl (C=O) groups is 3. The van der Waals surface area contributed by atoms with Crippen LogP contribution in [0.15, 0.2) is 30.3 Å². The fourth-order valence-electron chi connectivity index (χ4n) is 1.47. The van der Waals surface area contributed by atoms with Crippen LogP contribution in [0, 0.1) is 0 Å². The second kappa shape index (κ2) is 6.93. The van der Waals surface area contributed by atoms with E-state index in [0.29, 0.717) is 5.69 Å². The first kappa shape index (κ1) is 15.2. The van der Waals surface area contributed by atoms with E-state index in [9.17, 15) is 14.4 Å². The number of anilines is 1. The molecular weight excluding hydrogens is 260 g/mol. The minimum atomic E-state index is -0.722. The third kappa shape index (κ3) is 5.21. The highest BCUT2D eigenvalue weighted by Gasteiger charge is 2.15. The van der Waals surface area contributed by atoms with Crippen LogP contribution in [-0.4, -0.2) is 35.7 Å². The van der Waals surface area contributed by atoms with E-state index in [1.807, 2.05) is 0 Å². The van der Waals surface area contributed by atoms with E-state index in [2.05, 4.69) is 0 Å². The molecule has 1 aromatic rings. The minimum absolute atomic E-state index is 0.367. The molecule has 0 spiro atoms. The summed E-state index contributed by atoms with van der Waals surface area (Å²) in [6, 6.07) is 6.83. The average molecular weight is 276 g/mol. The Bertz CT molecular complexity index is 521. The lowest BCUT2D eigenvalue weighted by molar-refractivity contribution is -0.134. The highest BCUT2D eigenvalue weighted by atomic mass is 16.2. The van der Waals surface area contributed by atoms with Crippen molar-refractivity contribution in [1.82, 2.24) is 4.90 Å². The highest BCUT2D eigenvalue weighted by molar-refractivity contribution is 5.96. The molecule has 0 aromatic heterocycles. The van der Waals surface area contributed by atoms with Crippen molar-refractivity contribution < 1.29 is 14.4 Å². The number of hydrogen-bond acceptors (Lipinski definition) is 4. The van der Waals surface area contributed by atoms with Crippen LogP contribution >= 0.6 is 0 Å². The van der Waals surface area contributed by atoms with Gasteiger partial charge in [-0.05, 0) is 23.8 Å². The molecule has 0 heterocycles. The second-order valence-electron chi connectivity index (χ2n) is 4.13. The van der Waals surface area contributed by atoms with E-state index in [0.717, 1.165) is 10.5 Å². The molecule has 0 bridgehead atoms. The van der Waals surface area contributed by atoms with Crippen molar-refractivity contribution in [2.24, 2.45) is 11.5 Å². The lowest BCUT2D eigenvalue weighted by Crippen LogP contribution is -2.42. The van der Waals surface area contributed by atoms with Gasteiger partial charge in [0.1, 0.15) is 13.1 Å². The van der Waals surface area contributed by atoms with Crippen LogP contribution in [0.25, 0.3) is 6.08 Å². The minimum Gasteiger partial charge on any atom is -0.399 e. The van der Waals surface area contributed by atoms with E-state index >= 15 is 0 Å². The fraction of sp³-hybridized carbons (Fsp3) is 0.154. The van der Waals surface area contributed by atoms with Crippen LogP contribution in [0.2, 0.25) is 0 Å². The van der Waals surface area contributed by atoms with Gasteiger partial charge in [0.15, 0.2) is 0 Å². The molecule has 7 heteroatoms. The average Bonchev–Trinajstić information content (AvgIpc) is 2.36. The molecule has 0 fully saturated rings. The molecule has 1 rings (SSSR count). The second-order valence-corrected chi connectivity index (χ2v) is 4.13. The van der Waals surface area contributed by atoms with Gasteiger partial charge in [0.05, 0.1) is 0 Å². The lowest BCUT2D eigenvalue weighted by atomic mass is 10.2. The summed E-state index contributed by atoms with van der Waals surface area (Å²) in [4.78, 5) is 34.5. The Labute approximate surface area is 116 Å². The van der Waals surface area contributed by atoms with Crippen molar-refractivity contribution in [3.63, 3.8) is 0 Å². The Balaban J connectivity index is 2.76. The molecule has 0 aliphatic rings. The predicted molar refractivity (Wildman–Crippen MR) is 74.9 cm³/mol. The summed E-state index contributed by atoms with van der Waals surface area (Å²) in [5, 5.41) is 0. The molecule has 7 nitrogen and oxygen atoms in total. The first-order valence-corrected chi connectivity index (χ1v) is 5.77. The Kier molecular flexibility index (Phi) is 5.28. The summed E-state index contributed by atoms with van der Waals surface area (Å²) >= 11 is 0. The molecule has 0 saturated heterocycles. The molecule has 0 aliphatic heterocycles. The number of nitrogens with zero attached hydrogens (tertiary/aromatic N) is 1. The van der Waals surface area contributed by atoms with Crippen LogP contribution < -0.4 is 17.2 Å². The molecule has 3 amide bonds. The topological polar surface area (TPSA) is 133 Å². The number of benzene rings is 1. The van der Waals surface area contributed by atoms with Gasteiger partial charge in [-0.2, -0.15) is 0 Å². The van der Waals surface area contributed by atoms with E-state index in [1.165, 1.54) is 12.2 Å². The summed E-state index contributed by atoms with van der Waals surface area (Å²) in [6.07, 6.45) is 2.77. The van der Waals surface area contributed by atoms with Gasteiger partial charge in [0.25, 0.3) is 0 Å². The van der Waals surface area contributed by atoms with Gasteiger partial charge in [-0.15, -0.1) is 0 Å². The van der Waals surface area contributed by atoms with Crippen LogP contribution in [0.4, 0.5) is 5.69 Å². The number of primary amides is 2. The molecule has 106 valence electrons. The van der Waals surface area contributed by atoms with Crippen molar-refractivity contribution in [2.45, 2.75) is 0 Å². The van der Waals surface area contributed by atoms with Crippen LogP contribution in [0.5, 0.6) is 0 Å². The molecular formula is C13H16N4O3. The van der Waals surface area contributed by atoms with E-state index in [4.69, 9.17) is 17.2 Å². The molecule has 6 N–H and O–H groups in total. The zero-order valence-electron chi connectivity index (χ0n) is 10.8. The summed E-state index contributed by atoms with van der Waals surface area (Å²) in [6.45, 7) is -0.734. The monoisotopic (exact) mass is 276 g/mol. The van der Waals surface area contributed by atoms with Crippen molar-refractivity contribution in [2.75, 3.05) is 18.8 Å². The molecule has 20 heavy (non-hydrogen) atoms. The zero-order chi connectivity index (χ0) is 15.1. The van der Waals surface area contributed by atoms with Gasteiger partial charge < -0.3 is 22.1 Å². The first-order valence-electron chi connectivity index (χ1n) is 5.77. The van der Waals surface area contributed by atoms with Crippen molar-refractivity contribution in [3.8, 4) is 0 Å². The quantitative estimate of drug-likeness (QED) is 0.457. The van der Waals surface area contributed by atoms with Gasteiger partial charge in [0.2, 0.25) is 17.7 Å². The standard InChI is InChI=1S/C13H16N4O3/c14-10-4-1-9(2-5-10)3-6-13(20)17(7-11(15)18)8-12(16)19/h1-6H,7-8,14H2,(H2,15,18)(H2,16,19)/b6-3+. The summed E-state index contributed by atoms with van der Waals surface area (Å²) < 4.78 is 0. The number of carbonyl (C=O) groups excluding carboxylic acids is 3. The van der Waals surface area contributed by atoms with Gasteiger partial charge in [-0.25, -0.2) is 0 Å². The number of nitrogen functional groups attached to an aromatic ring is 1. The van der Waals surface area contributed by atoms with E-state index < -0.39 is 17.7 Å². The molecule has 0 atom stereocenters. The summed E-state index contributed by atoms with van der Waals surface area (Å²) in [5.41, 5.74) is 16.9. The third-order valence-electron chi connectivity index (χ3n) is 2.36. The molecule has 0 unspecified atom stereocenters. The van der Waals surface area contributed by atoms with Gasteiger partial charge in [-0.1, -0.05) is 12.1 Å². The Morgan fingerprint density at radius 3 is 1.95 bits per heavy atom. The lowest BCUT2D eigenvalue weighted by Gasteiger charge is -2.17. The number of rotatable bonds is 6. The maximum absolute atomic E-state index is 11.9. The number of nitrogens with two attached hydrogens (primary N) is 3. The SMILES string of the molecule is NC(=O)CN(CC(N)=O)C(=O)/C=C/c1ccc(N)cc1. The largest absolute Gasteiger partial charge is 0.399 e.